The number of hydrogen-bond donors (Lipinski definition) is 0. The molecule has 0 aliphatic heterocycles. The summed E-state index contributed by atoms with van der Waals surface area (Å²) in [5.41, 5.74) is 9.36. The highest BCUT2D eigenvalue weighted by atomic mass is 15.1. The zero-order valence-electron chi connectivity index (χ0n) is 31.3. The normalized spacial score (nSPS) is 12.1. The van der Waals surface area contributed by atoms with Crippen molar-refractivity contribution in [2.45, 2.75) is 0 Å². The Balaban J connectivity index is 1.10. The molecular formula is C54H32N4. The molecule has 0 amide bonds. The molecule has 4 heteroatoms. The molecule has 0 radical (unpaired) electrons. The van der Waals surface area contributed by atoms with Crippen molar-refractivity contribution >= 4 is 97.7 Å². The Kier molecular flexibility index (Phi) is 6.41. The summed E-state index contributed by atoms with van der Waals surface area (Å²) in [6.45, 7) is 0. The van der Waals surface area contributed by atoms with Crippen LogP contribution in [-0.2, 0) is 0 Å². The minimum atomic E-state index is 0.815. The topological polar surface area (TPSA) is 35.6 Å². The van der Waals surface area contributed by atoms with Crippen LogP contribution in [0, 0.1) is 0 Å². The largest absolute Gasteiger partial charge is 0.309 e. The first kappa shape index (κ1) is 31.4. The fraction of sp³-hybridized carbons (Fsp3) is 0. The first-order chi connectivity index (χ1) is 28.7. The molecule has 0 unspecified atom stereocenters. The van der Waals surface area contributed by atoms with E-state index in [0.29, 0.717) is 0 Å². The molecule has 0 aliphatic rings. The lowest BCUT2D eigenvalue weighted by Crippen LogP contribution is -2.04. The molecule has 13 aromatic rings. The van der Waals surface area contributed by atoms with E-state index in [1.54, 1.807) is 0 Å². The number of hydrogen-bond acceptors (Lipinski definition) is 2. The predicted molar refractivity (Wildman–Crippen MR) is 244 cm³/mol. The Morgan fingerprint density at radius 3 is 1.66 bits per heavy atom. The average Bonchev–Trinajstić information content (AvgIpc) is 3.78. The molecule has 268 valence electrons. The van der Waals surface area contributed by atoms with Crippen molar-refractivity contribution in [2.24, 2.45) is 0 Å². The molecule has 58 heavy (non-hydrogen) atoms. The molecule has 0 N–H and O–H groups in total. The van der Waals surface area contributed by atoms with Crippen molar-refractivity contribution in [3.8, 4) is 22.8 Å². The third-order valence-electron chi connectivity index (χ3n) is 12.2. The lowest BCUT2D eigenvalue weighted by Gasteiger charge is -2.15. The molecule has 0 aliphatic carbocycles. The van der Waals surface area contributed by atoms with Gasteiger partial charge in [-0.3, -0.25) is 4.57 Å². The molecular weight excluding hydrogens is 705 g/mol. The predicted octanol–water partition coefficient (Wildman–Crippen LogP) is 14.1. The van der Waals surface area contributed by atoms with Gasteiger partial charge in [-0.15, -0.1) is 0 Å². The van der Waals surface area contributed by atoms with Crippen molar-refractivity contribution < 1.29 is 0 Å². The highest BCUT2D eigenvalue weighted by Gasteiger charge is 2.22. The highest BCUT2D eigenvalue weighted by molar-refractivity contribution is 6.18. The summed E-state index contributed by atoms with van der Waals surface area (Å²) in [5.74, 6) is 0.815. The maximum absolute atomic E-state index is 5.45. The van der Waals surface area contributed by atoms with E-state index in [-0.39, 0.29) is 0 Å². The first-order valence-corrected chi connectivity index (χ1v) is 19.8. The summed E-state index contributed by atoms with van der Waals surface area (Å²) in [4.78, 5) is 10.8. The average molecular weight is 737 g/mol. The molecule has 13 rings (SSSR count). The van der Waals surface area contributed by atoms with Crippen LogP contribution < -0.4 is 0 Å². The molecule has 4 nitrogen and oxygen atoms in total. The summed E-state index contributed by atoms with van der Waals surface area (Å²) in [6.07, 6.45) is 0. The van der Waals surface area contributed by atoms with Crippen molar-refractivity contribution in [1.29, 1.82) is 0 Å². The number of benzene rings is 10. The number of aromatic nitrogens is 4. The van der Waals surface area contributed by atoms with Gasteiger partial charge in [0.1, 0.15) is 5.69 Å². The van der Waals surface area contributed by atoms with Gasteiger partial charge in [-0.1, -0.05) is 133 Å². The fourth-order valence-corrected chi connectivity index (χ4v) is 9.56. The third-order valence-corrected chi connectivity index (χ3v) is 12.2. The van der Waals surface area contributed by atoms with E-state index in [2.05, 4.69) is 191 Å². The number of rotatable bonds is 3. The van der Waals surface area contributed by atoms with Crippen LogP contribution in [0.5, 0.6) is 0 Å². The second kappa shape index (κ2) is 11.8. The molecule has 0 bridgehead atoms. The van der Waals surface area contributed by atoms with E-state index in [4.69, 9.17) is 9.97 Å². The molecule has 0 fully saturated rings. The Morgan fingerprint density at radius 2 is 0.845 bits per heavy atom. The van der Waals surface area contributed by atoms with Gasteiger partial charge in [0, 0.05) is 32.5 Å². The quantitative estimate of drug-likeness (QED) is 0.169. The maximum atomic E-state index is 5.45. The molecule has 0 atom stereocenters. The van der Waals surface area contributed by atoms with Crippen molar-refractivity contribution in [3.63, 3.8) is 0 Å². The van der Waals surface area contributed by atoms with Crippen molar-refractivity contribution in [2.75, 3.05) is 0 Å². The van der Waals surface area contributed by atoms with Crippen molar-refractivity contribution in [1.82, 2.24) is 19.1 Å². The molecule has 0 saturated heterocycles. The monoisotopic (exact) mass is 736 g/mol. The van der Waals surface area contributed by atoms with Gasteiger partial charge in [-0.2, -0.15) is 0 Å². The second-order valence-corrected chi connectivity index (χ2v) is 15.4. The minimum Gasteiger partial charge on any atom is -0.309 e. The second-order valence-electron chi connectivity index (χ2n) is 15.4. The Labute approximate surface area is 332 Å². The molecule has 3 aromatic heterocycles. The van der Waals surface area contributed by atoms with Crippen LogP contribution in [0.2, 0.25) is 0 Å². The van der Waals surface area contributed by atoms with Crippen LogP contribution in [0.1, 0.15) is 0 Å². The van der Waals surface area contributed by atoms with Gasteiger partial charge < -0.3 is 4.57 Å². The molecule has 3 heterocycles. The lowest BCUT2D eigenvalue weighted by molar-refractivity contribution is 1.08. The fourth-order valence-electron chi connectivity index (χ4n) is 9.56. The van der Waals surface area contributed by atoms with Gasteiger partial charge in [-0.05, 0) is 98.4 Å². The highest BCUT2D eigenvalue weighted by Crippen LogP contribution is 2.42. The first-order valence-electron chi connectivity index (χ1n) is 19.8. The van der Waals surface area contributed by atoms with Crippen LogP contribution in [-0.4, -0.2) is 19.1 Å². The third kappa shape index (κ3) is 4.45. The van der Waals surface area contributed by atoms with E-state index in [9.17, 15) is 0 Å². The van der Waals surface area contributed by atoms with E-state index in [1.165, 1.54) is 70.3 Å². The van der Waals surface area contributed by atoms with Gasteiger partial charge in [0.2, 0.25) is 0 Å². The van der Waals surface area contributed by atoms with Crippen LogP contribution in [0.15, 0.2) is 194 Å². The Hall–Kier alpha value is -7.82. The van der Waals surface area contributed by atoms with Crippen LogP contribution in [0.4, 0.5) is 0 Å². The van der Waals surface area contributed by atoms with Gasteiger partial charge in [0.15, 0.2) is 5.82 Å². The molecule has 10 aromatic carbocycles. The zero-order chi connectivity index (χ0) is 37.9. The SMILES string of the molecule is c1ccc2cc3c(cc2c1)c1ccccc1n3-c1cccc2cc3c(cc12)c1ccccc1n3-c1nc2ccccc2nc1-c1ccc2c(ccc3ccccc32)c1. The van der Waals surface area contributed by atoms with Gasteiger partial charge >= 0.3 is 0 Å². The van der Waals surface area contributed by atoms with Gasteiger partial charge in [0.25, 0.3) is 0 Å². The zero-order valence-corrected chi connectivity index (χ0v) is 31.3. The Morgan fingerprint density at radius 1 is 0.293 bits per heavy atom. The summed E-state index contributed by atoms with van der Waals surface area (Å²) < 4.78 is 4.79. The van der Waals surface area contributed by atoms with Gasteiger partial charge in [-0.25, -0.2) is 9.97 Å². The van der Waals surface area contributed by atoms with E-state index in [1.807, 2.05) is 12.1 Å². The molecule has 0 spiro atoms. The van der Waals surface area contributed by atoms with Crippen LogP contribution in [0.3, 0.4) is 0 Å². The smallest absolute Gasteiger partial charge is 0.165 e. The summed E-state index contributed by atoms with van der Waals surface area (Å²) in [7, 11) is 0. The summed E-state index contributed by atoms with van der Waals surface area (Å²) in [5, 5.41) is 14.6. The van der Waals surface area contributed by atoms with Crippen LogP contribution >= 0.6 is 0 Å². The van der Waals surface area contributed by atoms with E-state index >= 15 is 0 Å². The number of para-hydroxylation sites is 4. The summed E-state index contributed by atoms with van der Waals surface area (Å²) >= 11 is 0. The Bertz CT molecular complexity index is 3870. The number of fused-ring (bicyclic) bond motifs is 12. The van der Waals surface area contributed by atoms with Crippen molar-refractivity contribution in [3.05, 3.63) is 194 Å². The van der Waals surface area contributed by atoms with Crippen LogP contribution in [0.25, 0.3) is 120 Å². The van der Waals surface area contributed by atoms with Gasteiger partial charge in [0.05, 0.1) is 38.8 Å². The van der Waals surface area contributed by atoms with E-state index < -0.39 is 0 Å². The minimum absolute atomic E-state index is 0.815. The molecule has 0 saturated carbocycles. The lowest BCUT2D eigenvalue weighted by atomic mass is 9.99. The van der Waals surface area contributed by atoms with E-state index in [0.717, 1.165) is 50.2 Å². The maximum Gasteiger partial charge on any atom is 0.165 e. The number of nitrogens with zero attached hydrogens (tertiary/aromatic N) is 4. The standard InChI is InChI=1S/C54H32N4/c1-2-14-35-30-51-44(29-34(35)13-1)41-17-5-9-21-48(41)57(51)50-23-11-15-36-31-52-45(32-43(36)50)42-18-6-10-22-49(42)58(52)54-53(55-46-19-7-8-20-47(46)56-54)38-26-27-40-37(28-38)25-24-33-12-3-4-16-39(33)40/h1-32H. The summed E-state index contributed by atoms with van der Waals surface area (Å²) in [6, 6.07) is 70.3.